The molecule has 2 aromatic rings. The van der Waals surface area contributed by atoms with Gasteiger partial charge in [0.1, 0.15) is 6.04 Å². The largest absolute Gasteiger partial charge is 0.467 e. The lowest BCUT2D eigenvalue weighted by molar-refractivity contribution is -0.139. The van der Waals surface area contributed by atoms with E-state index < -0.39 is 0 Å². The summed E-state index contributed by atoms with van der Waals surface area (Å²) in [5.41, 5.74) is 2.24. The number of anilines is 1. The van der Waals surface area contributed by atoms with E-state index in [0.717, 1.165) is 5.69 Å². The molecule has 21 heavy (non-hydrogen) atoms. The normalized spacial score (nSPS) is 16.4. The molecule has 1 heterocycles. The molecule has 0 amide bonds. The van der Waals surface area contributed by atoms with Gasteiger partial charge in [-0.15, -0.1) is 0 Å². The zero-order valence-electron chi connectivity index (χ0n) is 11.7. The molecule has 0 aliphatic carbocycles. The molecule has 1 fully saturated rings. The quantitative estimate of drug-likeness (QED) is 0.490. The number of hydrogen-bond donors (Lipinski definition) is 0. The maximum atomic E-state index is 12.3. The van der Waals surface area contributed by atoms with Gasteiger partial charge in [-0.3, -0.25) is 4.79 Å². The van der Waals surface area contributed by atoms with Crippen LogP contribution in [0.15, 0.2) is 54.6 Å². The lowest BCUT2D eigenvalue weighted by Gasteiger charge is -2.06. The number of ketones is 1. The SMILES string of the molecule is COC(=O)C1CN1c1ccc(C(=O)c2ccccc2)cc1. The molecule has 0 saturated carbocycles. The monoisotopic (exact) mass is 281 g/mol. The number of benzene rings is 2. The van der Waals surface area contributed by atoms with Gasteiger partial charge in [-0.2, -0.15) is 0 Å². The topological polar surface area (TPSA) is 46.4 Å². The van der Waals surface area contributed by atoms with E-state index in [2.05, 4.69) is 0 Å². The molecule has 4 nitrogen and oxygen atoms in total. The van der Waals surface area contributed by atoms with Crippen molar-refractivity contribution >= 4 is 17.4 Å². The molecule has 0 radical (unpaired) electrons. The smallest absolute Gasteiger partial charge is 0.330 e. The summed E-state index contributed by atoms with van der Waals surface area (Å²) in [6.07, 6.45) is 0. The Bertz CT molecular complexity index is 664. The van der Waals surface area contributed by atoms with Crippen LogP contribution in [0.5, 0.6) is 0 Å². The average Bonchev–Trinajstić information content (AvgIpc) is 3.35. The van der Waals surface area contributed by atoms with Gasteiger partial charge in [-0.25, -0.2) is 4.79 Å². The van der Waals surface area contributed by atoms with Crippen molar-refractivity contribution in [3.05, 3.63) is 65.7 Å². The molecule has 4 heteroatoms. The van der Waals surface area contributed by atoms with Crippen molar-refractivity contribution < 1.29 is 14.3 Å². The predicted octanol–water partition coefficient (Wildman–Crippen LogP) is 2.28. The van der Waals surface area contributed by atoms with Crippen LogP contribution >= 0.6 is 0 Å². The van der Waals surface area contributed by atoms with Gasteiger partial charge in [-0.05, 0) is 24.3 Å². The van der Waals surface area contributed by atoms with Crippen LogP contribution in [-0.2, 0) is 9.53 Å². The minimum Gasteiger partial charge on any atom is -0.467 e. The Morgan fingerprint density at radius 3 is 2.24 bits per heavy atom. The maximum Gasteiger partial charge on any atom is 0.330 e. The molecular formula is C17H15NO3. The van der Waals surface area contributed by atoms with Crippen LogP contribution in [0.3, 0.4) is 0 Å². The van der Waals surface area contributed by atoms with Gasteiger partial charge in [0.15, 0.2) is 5.78 Å². The summed E-state index contributed by atoms with van der Waals surface area (Å²) in [6.45, 7) is 0.665. The number of methoxy groups -OCH3 is 1. The van der Waals surface area contributed by atoms with Gasteiger partial charge in [0.2, 0.25) is 0 Å². The predicted molar refractivity (Wildman–Crippen MR) is 79.5 cm³/mol. The van der Waals surface area contributed by atoms with E-state index in [-0.39, 0.29) is 17.8 Å². The Labute approximate surface area is 123 Å². The van der Waals surface area contributed by atoms with Crippen molar-refractivity contribution in [2.24, 2.45) is 0 Å². The Hall–Kier alpha value is -2.62. The van der Waals surface area contributed by atoms with E-state index >= 15 is 0 Å². The second kappa shape index (κ2) is 5.40. The highest BCUT2D eigenvalue weighted by Crippen LogP contribution is 2.28. The summed E-state index contributed by atoms with van der Waals surface area (Å²) in [4.78, 5) is 25.6. The van der Waals surface area contributed by atoms with E-state index in [4.69, 9.17) is 4.74 Å². The number of nitrogens with zero attached hydrogens (tertiary/aromatic N) is 1. The standard InChI is InChI=1S/C17H15NO3/c1-21-17(20)15-11-18(15)14-9-7-13(8-10-14)16(19)12-5-3-2-4-6-12/h2-10,15H,11H2,1H3. The molecule has 1 aliphatic rings. The van der Waals surface area contributed by atoms with Gasteiger partial charge < -0.3 is 9.64 Å². The van der Waals surface area contributed by atoms with E-state index in [1.54, 1.807) is 24.3 Å². The molecule has 1 saturated heterocycles. The second-order valence-corrected chi connectivity index (χ2v) is 4.93. The third kappa shape index (κ3) is 2.65. The third-order valence-corrected chi connectivity index (χ3v) is 3.58. The first-order valence-corrected chi connectivity index (χ1v) is 6.75. The van der Waals surface area contributed by atoms with E-state index in [9.17, 15) is 9.59 Å². The summed E-state index contributed by atoms with van der Waals surface area (Å²) in [5.74, 6) is -0.225. The van der Waals surface area contributed by atoms with Crippen molar-refractivity contribution in [3.63, 3.8) is 0 Å². The van der Waals surface area contributed by atoms with Crippen LogP contribution < -0.4 is 4.90 Å². The fourth-order valence-electron chi connectivity index (χ4n) is 2.32. The molecule has 2 aromatic carbocycles. The van der Waals surface area contributed by atoms with Crippen molar-refractivity contribution in [2.45, 2.75) is 6.04 Å². The summed E-state index contributed by atoms with van der Waals surface area (Å²) < 4.78 is 4.71. The number of rotatable bonds is 4. The van der Waals surface area contributed by atoms with Crippen LogP contribution in [0.4, 0.5) is 5.69 Å². The van der Waals surface area contributed by atoms with Crippen LogP contribution in [0.1, 0.15) is 15.9 Å². The zero-order valence-corrected chi connectivity index (χ0v) is 11.7. The van der Waals surface area contributed by atoms with Crippen LogP contribution in [0.25, 0.3) is 0 Å². The molecule has 3 rings (SSSR count). The average molecular weight is 281 g/mol. The van der Waals surface area contributed by atoms with Crippen molar-refractivity contribution in [3.8, 4) is 0 Å². The fraction of sp³-hybridized carbons (Fsp3) is 0.176. The molecule has 1 unspecified atom stereocenters. The first kappa shape index (κ1) is 13.4. The second-order valence-electron chi connectivity index (χ2n) is 4.93. The number of ether oxygens (including phenoxy) is 1. The number of esters is 1. The molecule has 0 bridgehead atoms. The maximum absolute atomic E-state index is 12.3. The number of hydrogen-bond acceptors (Lipinski definition) is 4. The molecule has 1 aliphatic heterocycles. The molecule has 0 spiro atoms. The van der Waals surface area contributed by atoms with Crippen LogP contribution in [-0.4, -0.2) is 31.4 Å². The minimum atomic E-state index is -0.223. The fourth-order valence-corrected chi connectivity index (χ4v) is 2.32. The lowest BCUT2D eigenvalue weighted by atomic mass is 10.0. The molecule has 1 atom stereocenters. The van der Waals surface area contributed by atoms with Crippen molar-refractivity contribution in [1.82, 2.24) is 0 Å². The Morgan fingerprint density at radius 1 is 1.00 bits per heavy atom. The van der Waals surface area contributed by atoms with Crippen molar-refractivity contribution in [1.29, 1.82) is 0 Å². The van der Waals surface area contributed by atoms with E-state index in [1.807, 2.05) is 35.2 Å². The van der Waals surface area contributed by atoms with Crippen LogP contribution in [0, 0.1) is 0 Å². The van der Waals surface area contributed by atoms with E-state index in [1.165, 1.54) is 7.11 Å². The molecule has 0 aromatic heterocycles. The van der Waals surface area contributed by atoms with Gasteiger partial charge in [0.05, 0.1) is 13.7 Å². The zero-order chi connectivity index (χ0) is 14.8. The third-order valence-electron chi connectivity index (χ3n) is 3.58. The summed E-state index contributed by atoms with van der Waals surface area (Å²) in [7, 11) is 1.39. The highest BCUT2D eigenvalue weighted by Gasteiger charge is 2.41. The first-order chi connectivity index (χ1) is 10.2. The molecule has 106 valence electrons. The minimum absolute atomic E-state index is 0.00235. The highest BCUT2D eigenvalue weighted by atomic mass is 16.5. The number of carbonyl (C=O) groups is 2. The van der Waals surface area contributed by atoms with Crippen molar-refractivity contribution in [2.75, 3.05) is 18.6 Å². The number of carbonyl (C=O) groups excluding carboxylic acids is 2. The summed E-state index contributed by atoms with van der Waals surface area (Å²) in [6, 6.07) is 16.3. The lowest BCUT2D eigenvalue weighted by Crippen LogP contribution is -2.13. The van der Waals surface area contributed by atoms with Crippen LogP contribution in [0.2, 0.25) is 0 Å². The Kier molecular flexibility index (Phi) is 3.44. The molecule has 0 N–H and O–H groups in total. The first-order valence-electron chi connectivity index (χ1n) is 6.75. The van der Waals surface area contributed by atoms with Gasteiger partial charge in [0, 0.05) is 16.8 Å². The Morgan fingerprint density at radius 2 is 1.62 bits per heavy atom. The van der Waals surface area contributed by atoms with Gasteiger partial charge >= 0.3 is 5.97 Å². The van der Waals surface area contributed by atoms with Gasteiger partial charge in [-0.1, -0.05) is 30.3 Å². The van der Waals surface area contributed by atoms with E-state index in [0.29, 0.717) is 17.7 Å². The highest BCUT2D eigenvalue weighted by molar-refractivity contribution is 6.09. The molecular weight excluding hydrogens is 266 g/mol. The van der Waals surface area contributed by atoms with Gasteiger partial charge in [0.25, 0.3) is 0 Å². The summed E-state index contributed by atoms with van der Waals surface area (Å²) in [5, 5.41) is 0. The summed E-state index contributed by atoms with van der Waals surface area (Å²) >= 11 is 0. The Balaban J connectivity index is 1.74.